The van der Waals surface area contributed by atoms with E-state index in [1.807, 2.05) is 0 Å². The number of fused-ring (bicyclic) bond motifs is 4. The number of halogens is 2. The zero-order valence-corrected chi connectivity index (χ0v) is 20.3. The minimum Gasteiger partial charge on any atom is -1.00 e. The Bertz CT molecular complexity index is 1190. The van der Waals surface area contributed by atoms with Crippen molar-refractivity contribution in [1.82, 2.24) is 4.57 Å². The second kappa shape index (κ2) is 10.4. The summed E-state index contributed by atoms with van der Waals surface area (Å²) in [6, 6.07) is 22.1. The number of aromatic nitrogens is 1. The average molecular weight is 493 g/mol. The molecule has 0 saturated heterocycles. The van der Waals surface area contributed by atoms with Gasteiger partial charge in [0.2, 0.25) is 0 Å². The molecule has 0 saturated carbocycles. The summed E-state index contributed by atoms with van der Waals surface area (Å²) in [6.45, 7) is 4.22. The number of nitrogens with zero attached hydrogens (tertiary/aromatic N) is 1. The quantitative estimate of drug-likeness (QED) is 0.351. The molecule has 1 heterocycles. The van der Waals surface area contributed by atoms with Crippen LogP contribution in [0.2, 0.25) is 0 Å². The normalized spacial score (nSPS) is 13.9. The van der Waals surface area contributed by atoms with Gasteiger partial charge in [-0.1, -0.05) is 31.2 Å². The van der Waals surface area contributed by atoms with Gasteiger partial charge in [-0.15, -0.1) is 54.4 Å². The smallest absolute Gasteiger partial charge is 1.00 e. The number of benzene rings is 2. The van der Waals surface area contributed by atoms with Crippen LogP contribution < -0.4 is 9.41 Å². The van der Waals surface area contributed by atoms with Gasteiger partial charge < -0.3 is 14.0 Å². The SMILES string of the molecule is CC1=[C-]CC=C1C.[F-].[F-].[Zr+4].c1ccc2[cH-]c(-n3c4c(c5ccccc53)CCC4)cc2c1. The predicted octanol–water partition coefficient (Wildman–Crippen LogP) is 1.08. The summed E-state index contributed by atoms with van der Waals surface area (Å²) in [6.07, 6.45) is 10.1. The van der Waals surface area contributed by atoms with Gasteiger partial charge in [-0.3, -0.25) is 6.08 Å². The Morgan fingerprint density at radius 1 is 0.935 bits per heavy atom. The van der Waals surface area contributed by atoms with Crippen molar-refractivity contribution >= 4 is 21.7 Å². The van der Waals surface area contributed by atoms with Gasteiger partial charge in [0.1, 0.15) is 0 Å². The molecule has 0 fully saturated rings. The molecule has 4 aromatic rings. The van der Waals surface area contributed by atoms with Gasteiger partial charge in [0.05, 0.1) is 5.52 Å². The first-order valence-corrected chi connectivity index (χ1v) is 10.2. The van der Waals surface area contributed by atoms with Crippen LogP contribution in [0.3, 0.4) is 0 Å². The van der Waals surface area contributed by atoms with Crippen molar-refractivity contribution in [3.05, 3.63) is 95.2 Å². The third kappa shape index (κ3) is 4.55. The van der Waals surface area contributed by atoms with E-state index >= 15 is 0 Å². The molecule has 2 aliphatic rings. The molecule has 31 heavy (non-hydrogen) atoms. The second-order valence-electron chi connectivity index (χ2n) is 7.87. The molecule has 0 spiro atoms. The van der Waals surface area contributed by atoms with Crippen molar-refractivity contribution in [2.45, 2.75) is 39.5 Å². The van der Waals surface area contributed by atoms with Crippen molar-refractivity contribution < 1.29 is 35.6 Å². The zero-order valence-electron chi connectivity index (χ0n) is 17.9. The Balaban J connectivity index is 0.000000298. The van der Waals surface area contributed by atoms with Crippen molar-refractivity contribution in [2.75, 3.05) is 0 Å². The standard InChI is InChI=1S/C20H16N.C7H9.2FH.Zr/c1-2-7-15-13-16(12-14(15)6-1)21-19-10-4-3-8-17(19)18-9-5-11-20(18)21;1-6-4-3-5-7(6)2;;;/h1-4,6-8,10,12-13H,5,9,11H2;4H,3H2,1-2H3;2*1H;/q2*-1;;;+4/p-2. The van der Waals surface area contributed by atoms with Crippen molar-refractivity contribution in [1.29, 1.82) is 0 Å². The maximum Gasteiger partial charge on any atom is 4.00 e. The summed E-state index contributed by atoms with van der Waals surface area (Å²) in [5.41, 5.74) is 8.47. The molecule has 6 rings (SSSR count). The fraction of sp³-hybridized carbons (Fsp3) is 0.222. The van der Waals surface area contributed by atoms with Crippen LogP contribution in [0, 0.1) is 6.08 Å². The van der Waals surface area contributed by atoms with E-state index in [0.717, 1.165) is 6.42 Å². The van der Waals surface area contributed by atoms with Crippen LogP contribution in [0.25, 0.3) is 27.4 Å². The number of hydrogen-bond acceptors (Lipinski definition) is 0. The summed E-state index contributed by atoms with van der Waals surface area (Å²) in [5.74, 6) is 0. The summed E-state index contributed by atoms with van der Waals surface area (Å²) < 4.78 is 2.48. The van der Waals surface area contributed by atoms with Crippen LogP contribution in [-0.4, -0.2) is 4.57 Å². The van der Waals surface area contributed by atoms with E-state index in [4.69, 9.17) is 0 Å². The first kappa shape index (κ1) is 25.1. The first-order chi connectivity index (χ1) is 13.7. The maximum absolute atomic E-state index is 3.19. The van der Waals surface area contributed by atoms with Crippen LogP contribution in [-0.2, 0) is 39.0 Å². The molecule has 156 valence electrons. The molecule has 0 atom stereocenters. The molecule has 3 aromatic carbocycles. The van der Waals surface area contributed by atoms with Gasteiger partial charge in [-0.05, 0) is 36.6 Å². The van der Waals surface area contributed by atoms with Gasteiger partial charge in [0, 0.05) is 11.1 Å². The molecule has 2 aliphatic carbocycles. The van der Waals surface area contributed by atoms with Gasteiger partial charge in [-0.25, -0.2) is 11.1 Å². The molecule has 0 aliphatic heterocycles. The predicted molar refractivity (Wildman–Crippen MR) is 119 cm³/mol. The third-order valence-corrected chi connectivity index (χ3v) is 6.16. The topological polar surface area (TPSA) is 4.93 Å². The Labute approximate surface area is 201 Å². The first-order valence-electron chi connectivity index (χ1n) is 10.2. The Hall–Kier alpha value is -2.19. The van der Waals surface area contributed by atoms with Crippen molar-refractivity contribution in [3.63, 3.8) is 0 Å². The van der Waals surface area contributed by atoms with Gasteiger partial charge in [0.15, 0.2) is 0 Å². The molecule has 0 N–H and O–H groups in total. The minimum absolute atomic E-state index is 0. The van der Waals surface area contributed by atoms with Gasteiger partial charge in [0.25, 0.3) is 0 Å². The number of rotatable bonds is 1. The zero-order chi connectivity index (χ0) is 19.1. The molecule has 0 radical (unpaired) electrons. The van der Waals surface area contributed by atoms with E-state index in [1.54, 1.807) is 5.56 Å². The third-order valence-electron chi connectivity index (χ3n) is 6.16. The number of para-hydroxylation sites is 1. The second-order valence-corrected chi connectivity index (χ2v) is 7.87. The summed E-state index contributed by atoms with van der Waals surface area (Å²) in [4.78, 5) is 0. The Kier molecular flexibility index (Phi) is 8.43. The maximum atomic E-state index is 3.19. The monoisotopic (exact) mass is 491 g/mol. The van der Waals surface area contributed by atoms with E-state index in [-0.39, 0.29) is 35.6 Å². The Morgan fingerprint density at radius 3 is 2.35 bits per heavy atom. The van der Waals surface area contributed by atoms with E-state index in [9.17, 15) is 0 Å². The largest absolute Gasteiger partial charge is 4.00 e. The molecule has 1 nitrogen and oxygen atoms in total. The minimum atomic E-state index is 0. The van der Waals surface area contributed by atoms with E-state index in [0.29, 0.717) is 0 Å². The van der Waals surface area contributed by atoms with Crippen LogP contribution in [0.4, 0.5) is 0 Å². The molecular weight excluding hydrogens is 468 g/mol. The molecule has 1 aromatic heterocycles. The van der Waals surface area contributed by atoms with Crippen LogP contribution in [0.5, 0.6) is 0 Å². The molecule has 0 bridgehead atoms. The summed E-state index contributed by atoms with van der Waals surface area (Å²) in [5, 5.41) is 4.10. The van der Waals surface area contributed by atoms with Crippen LogP contribution >= 0.6 is 0 Å². The van der Waals surface area contributed by atoms with E-state index in [2.05, 4.69) is 91.2 Å². The summed E-state index contributed by atoms with van der Waals surface area (Å²) >= 11 is 0. The molecule has 4 heteroatoms. The fourth-order valence-corrected chi connectivity index (χ4v) is 4.54. The van der Waals surface area contributed by atoms with Crippen molar-refractivity contribution in [2.24, 2.45) is 0 Å². The average Bonchev–Trinajstić information content (AvgIpc) is 3.47. The number of hydrogen-bond donors (Lipinski definition) is 0. The molecular formula is C27H25F2NZr. The number of aryl methyl sites for hydroxylation is 1. The van der Waals surface area contributed by atoms with Crippen LogP contribution in [0.1, 0.15) is 37.9 Å². The Morgan fingerprint density at radius 2 is 1.68 bits per heavy atom. The van der Waals surface area contributed by atoms with E-state index in [1.165, 1.54) is 63.5 Å². The molecule has 0 unspecified atom stereocenters. The fourth-order valence-electron chi connectivity index (χ4n) is 4.54. The summed E-state index contributed by atoms with van der Waals surface area (Å²) in [7, 11) is 0. The van der Waals surface area contributed by atoms with E-state index < -0.39 is 0 Å². The van der Waals surface area contributed by atoms with Crippen LogP contribution in [0.15, 0.2) is 77.9 Å². The van der Waals surface area contributed by atoms with Gasteiger partial charge in [-0.2, -0.15) is 6.08 Å². The number of allylic oxidation sites excluding steroid dienone is 4. The van der Waals surface area contributed by atoms with Gasteiger partial charge >= 0.3 is 26.2 Å². The van der Waals surface area contributed by atoms with Crippen molar-refractivity contribution in [3.8, 4) is 5.69 Å². The molecule has 0 amide bonds.